The second-order valence-electron chi connectivity index (χ2n) is 9.82. The normalized spacial score (nSPS) is 18.6. The number of carbonyl (C=O) groups excluding carboxylic acids is 2. The predicted octanol–water partition coefficient (Wildman–Crippen LogP) is 5.06. The molecule has 3 atom stereocenters. The smallest absolute Gasteiger partial charge is 0.397 e. The molecule has 1 saturated carbocycles. The summed E-state index contributed by atoms with van der Waals surface area (Å²) in [5.41, 5.74) is -0.345. The number of nitrogens with one attached hydrogen (secondary N) is 2. The van der Waals surface area contributed by atoms with Crippen molar-refractivity contribution in [3.63, 3.8) is 0 Å². The van der Waals surface area contributed by atoms with E-state index in [0.717, 1.165) is 25.7 Å². The van der Waals surface area contributed by atoms with Gasteiger partial charge in [-0.05, 0) is 68.9 Å². The molecule has 0 aromatic heterocycles. The maximum absolute atomic E-state index is 13.3. The van der Waals surface area contributed by atoms with Gasteiger partial charge in [0.15, 0.2) is 0 Å². The highest BCUT2D eigenvalue weighted by molar-refractivity contribution is 7.92. The Labute approximate surface area is 214 Å². The Bertz CT molecular complexity index is 1270. The Balaban J connectivity index is 1.70. The molecule has 1 fully saturated rings. The minimum atomic E-state index is -4.38. The Morgan fingerprint density at radius 2 is 1.73 bits per heavy atom. The number of benzene rings is 2. The zero-order valence-corrected chi connectivity index (χ0v) is 22.1. The van der Waals surface area contributed by atoms with Crippen LogP contribution in [0.25, 0.3) is 0 Å². The number of alkyl halides is 3. The van der Waals surface area contributed by atoms with Crippen LogP contribution in [0.3, 0.4) is 0 Å². The highest BCUT2D eigenvalue weighted by atomic mass is 32.2. The van der Waals surface area contributed by atoms with E-state index < -0.39 is 33.6 Å². The van der Waals surface area contributed by atoms with Crippen LogP contribution in [0.4, 0.5) is 18.9 Å². The molecular formula is C26H31F3N2O5S. The first-order valence-corrected chi connectivity index (χ1v) is 13.7. The van der Waals surface area contributed by atoms with Crippen molar-refractivity contribution in [1.82, 2.24) is 5.32 Å². The maximum atomic E-state index is 13.3. The summed E-state index contributed by atoms with van der Waals surface area (Å²) in [4.78, 5) is 25.3. The molecule has 2 N–H and O–H groups in total. The van der Waals surface area contributed by atoms with Crippen molar-refractivity contribution in [2.75, 3.05) is 17.6 Å². The third kappa shape index (κ3) is 6.63. The summed E-state index contributed by atoms with van der Waals surface area (Å²) in [6.07, 6.45) is -2.83. The van der Waals surface area contributed by atoms with Crippen LogP contribution in [0.15, 0.2) is 42.5 Å². The standard InChI is InChI=1S/C26H31F3N2O5S/c1-6-36-24(33)21-13-17(9-12-22(21)31-37(5,34)35)15(2)30-23(32)20-14-19(20)16-7-10-18(11-8-16)25(3,4)26(27,28)29/h7-13,15,19-20,31H,6,14H2,1-5H3,(H,30,32)/t15-,19?,20?/m1/s1. The zero-order valence-electron chi connectivity index (χ0n) is 21.3. The van der Waals surface area contributed by atoms with Crippen molar-refractivity contribution in [1.29, 1.82) is 0 Å². The molecule has 0 saturated heterocycles. The number of rotatable bonds is 9. The molecule has 0 bridgehead atoms. The monoisotopic (exact) mass is 540 g/mol. The number of hydrogen-bond donors (Lipinski definition) is 2. The van der Waals surface area contributed by atoms with E-state index >= 15 is 0 Å². The number of hydrogen-bond acceptors (Lipinski definition) is 5. The average Bonchev–Trinajstić information content (AvgIpc) is 3.59. The minimum Gasteiger partial charge on any atom is -0.462 e. The molecule has 0 heterocycles. The summed E-state index contributed by atoms with van der Waals surface area (Å²) in [7, 11) is -3.64. The molecule has 0 spiro atoms. The van der Waals surface area contributed by atoms with Crippen molar-refractivity contribution in [3.8, 4) is 0 Å². The van der Waals surface area contributed by atoms with Gasteiger partial charge < -0.3 is 10.1 Å². The van der Waals surface area contributed by atoms with Crippen molar-refractivity contribution < 1.29 is 35.9 Å². The SMILES string of the molecule is CCOC(=O)c1cc([C@@H](C)NC(=O)C2CC2c2ccc(C(C)(C)C(F)(F)F)cc2)ccc1NS(C)(=O)=O. The third-order valence-corrected chi connectivity index (χ3v) is 7.18. The van der Waals surface area contributed by atoms with Gasteiger partial charge in [0, 0.05) is 5.92 Å². The van der Waals surface area contributed by atoms with Crippen LogP contribution < -0.4 is 10.0 Å². The van der Waals surface area contributed by atoms with Gasteiger partial charge in [0.05, 0.1) is 35.6 Å². The van der Waals surface area contributed by atoms with E-state index in [1.54, 1.807) is 32.0 Å². The fraction of sp³-hybridized carbons (Fsp3) is 0.462. The summed E-state index contributed by atoms with van der Waals surface area (Å²) in [6, 6.07) is 10.2. The molecule has 0 radical (unpaired) electrons. The fourth-order valence-electron chi connectivity index (χ4n) is 4.07. The summed E-state index contributed by atoms with van der Waals surface area (Å²) in [5.74, 6) is -1.33. The van der Waals surface area contributed by atoms with Crippen LogP contribution in [0.5, 0.6) is 0 Å². The molecule has 1 amide bonds. The van der Waals surface area contributed by atoms with Gasteiger partial charge in [0.25, 0.3) is 0 Å². The first-order chi connectivity index (χ1) is 17.0. The molecule has 3 rings (SSSR count). The van der Waals surface area contributed by atoms with Crippen molar-refractivity contribution in [2.24, 2.45) is 5.92 Å². The molecule has 7 nitrogen and oxygen atoms in total. The molecule has 2 aromatic carbocycles. The Hall–Kier alpha value is -3.08. The van der Waals surface area contributed by atoms with Crippen molar-refractivity contribution in [3.05, 3.63) is 64.7 Å². The molecule has 1 aliphatic carbocycles. The summed E-state index contributed by atoms with van der Waals surface area (Å²) >= 11 is 0. The van der Waals surface area contributed by atoms with Crippen LogP contribution in [-0.2, 0) is 25.0 Å². The lowest BCUT2D eigenvalue weighted by Gasteiger charge is -2.28. The molecule has 11 heteroatoms. The number of ether oxygens (including phenoxy) is 1. The van der Waals surface area contributed by atoms with Crippen LogP contribution in [0.2, 0.25) is 0 Å². The van der Waals surface area contributed by atoms with E-state index in [2.05, 4.69) is 10.0 Å². The lowest BCUT2D eigenvalue weighted by Crippen LogP contribution is -2.36. The lowest BCUT2D eigenvalue weighted by atomic mass is 9.83. The largest absolute Gasteiger partial charge is 0.462 e. The first kappa shape index (κ1) is 28.5. The molecule has 2 unspecified atom stereocenters. The summed E-state index contributed by atoms with van der Waals surface area (Å²) in [5, 5.41) is 2.90. The van der Waals surface area contributed by atoms with E-state index in [0.29, 0.717) is 12.0 Å². The highest BCUT2D eigenvalue weighted by Gasteiger charge is 2.49. The van der Waals surface area contributed by atoms with E-state index in [4.69, 9.17) is 4.74 Å². The highest BCUT2D eigenvalue weighted by Crippen LogP contribution is 2.48. The van der Waals surface area contributed by atoms with Gasteiger partial charge in [-0.15, -0.1) is 0 Å². The summed E-state index contributed by atoms with van der Waals surface area (Å²) < 4.78 is 70.6. The van der Waals surface area contributed by atoms with Gasteiger partial charge in [-0.2, -0.15) is 13.2 Å². The Kier molecular flexibility index (Phi) is 7.97. The second-order valence-corrected chi connectivity index (χ2v) is 11.6. The van der Waals surface area contributed by atoms with Crippen LogP contribution in [0, 0.1) is 5.92 Å². The molecule has 37 heavy (non-hydrogen) atoms. The van der Waals surface area contributed by atoms with Crippen LogP contribution in [-0.4, -0.2) is 39.3 Å². The minimum absolute atomic E-state index is 0.0250. The van der Waals surface area contributed by atoms with E-state index in [1.807, 2.05) is 0 Å². The Morgan fingerprint density at radius 3 is 2.27 bits per heavy atom. The Morgan fingerprint density at radius 1 is 1.11 bits per heavy atom. The van der Waals surface area contributed by atoms with E-state index in [9.17, 15) is 31.2 Å². The van der Waals surface area contributed by atoms with Gasteiger partial charge in [-0.1, -0.05) is 30.3 Å². The molecule has 202 valence electrons. The zero-order chi connectivity index (χ0) is 27.8. The van der Waals surface area contributed by atoms with Crippen LogP contribution >= 0.6 is 0 Å². The summed E-state index contributed by atoms with van der Waals surface area (Å²) in [6.45, 7) is 5.73. The van der Waals surface area contributed by atoms with Gasteiger partial charge in [0.2, 0.25) is 15.9 Å². The van der Waals surface area contributed by atoms with E-state index in [-0.39, 0.29) is 41.2 Å². The number of sulfonamides is 1. The molecular weight excluding hydrogens is 509 g/mol. The predicted molar refractivity (Wildman–Crippen MR) is 134 cm³/mol. The van der Waals surface area contributed by atoms with Crippen molar-refractivity contribution >= 4 is 27.6 Å². The van der Waals surface area contributed by atoms with Crippen molar-refractivity contribution in [2.45, 2.75) is 57.7 Å². The molecule has 0 aliphatic heterocycles. The topological polar surface area (TPSA) is 102 Å². The lowest BCUT2D eigenvalue weighted by molar-refractivity contribution is -0.180. The fourth-order valence-corrected chi connectivity index (χ4v) is 4.64. The molecule has 2 aromatic rings. The van der Waals surface area contributed by atoms with Gasteiger partial charge in [-0.25, -0.2) is 13.2 Å². The number of halogens is 3. The third-order valence-electron chi connectivity index (χ3n) is 6.59. The van der Waals surface area contributed by atoms with Gasteiger partial charge in [-0.3, -0.25) is 9.52 Å². The van der Waals surface area contributed by atoms with Gasteiger partial charge >= 0.3 is 12.1 Å². The number of amides is 1. The second kappa shape index (κ2) is 10.4. The number of carbonyl (C=O) groups is 2. The first-order valence-electron chi connectivity index (χ1n) is 11.8. The van der Waals surface area contributed by atoms with Crippen LogP contribution in [0.1, 0.15) is 73.1 Å². The van der Waals surface area contributed by atoms with E-state index in [1.165, 1.54) is 24.3 Å². The molecule has 1 aliphatic rings. The van der Waals surface area contributed by atoms with Gasteiger partial charge in [0.1, 0.15) is 0 Å². The average molecular weight is 541 g/mol. The maximum Gasteiger partial charge on any atom is 0.397 e. The number of esters is 1. The quantitative estimate of drug-likeness (QED) is 0.433. The number of anilines is 1.